The Morgan fingerprint density at radius 3 is 2.45 bits per heavy atom. The first-order valence-corrected chi connectivity index (χ1v) is 9.07. The van der Waals surface area contributed by atoms with Gasteiger partial charge in [0, 0.05) is 29.8 Å². The third-order valence-corrected chi connectivity index (χ3v) is 4.54. The highest BCUT2D eigenvalue weighted by molar-refractivity contribution is 7.77. The minimum Gasteiger partial charge on any atom is -0.758 e. The maximum atomic E-state index is 13.2. The van der Waals surface area contributed by atoms with Gasteiger partial charge >= 0.3 is 0 Å². The molecule has 8 heteroatoms. The molecule has 0 N–H and O–H groups in total. The molecule has 146 valence electrons. The van der Waals surface area contributed by atoms with Crippen molar-refractivity contribution in [2.24, 2.45) is 4.99 Å². The summed E-state index contributed by atoms with van der Waals surface area (Å²) in [4.78, 5) is 28.0. The smallest absolute Gasteiger partial charge is 0.270 e. The van der Waals surface area contributed by atoms with Gasteiger partial charge < -0.3 is 17.6 Å². The Morgan fingerprint density at radius 2 is 1.79 bits per heavy atom. The van der Waals surface area contributed by atoms with Crippen molar-refractivity contribution in [3.63, 3.8) is 0 Å². The summed E-state index contributed by atoms with van der Waals surface area (Å²) in [5.41, 5.74) is 0.732. The summed E-state index contributed by atoms with van der Waals surface area (Å²) in [6.45, 7) is 0.186. The van der Waals surface area contributed by atoms with Crippen LogP contribution < -0.4 is 4.57 Å². The fourth-order valence-electron chi connectivity index (χ4n) is 2.74. The lowest BCUT2D eigenvalue weighted by atomic mass is 10.0. The van der Waals surface area contributed by atoms with Gasteiger partial charge in [0.25, 0.3) is 5.69 Å². The van der Waals surface area contributed by atoms with E-state index in [2.05, 4.69) is 4.99 Å². The third kappa shape index (κ3) is 5.05. The van der Waals surface area contributed by atoms with Crippen molar-refractivity contribution in [1.29, 1.82) is 0 Å². The molecule has 0 fully saturated rings. The van der Waals surface area contributed by atoms with Crippen LogP contribution in [0.2, 0.25) is 0 Å². The van der Waals surface area contributed by atoms with Crippen LogP contribution in [0.3, 0.4) is 0 Å². The van der Waals surface area contributed by atoms with Crippen LogP contribution in [0.25, 0.3) is 0 Å². The predicted octanol–water partition coefficient (Wildman–Crippen LogP) is 3.59. The van der Waals surface area contributed by atoms with Gasteiger partial charge in [0.15, 0.2) is 12.4 Å². The van der Waals surface area contributed by atoms with E-state index in [-0.39, 0.29) is 28.7 Å². The summed E-state index contributed by atoms with van der Waals surface area (Å²) in [6.07, 6.45) is 3.36. The highest BCUT2D eigenvalue weighted by atomic mass is 32.1. The monoisotopic (exact) mass is 409 g/mol. The molecule has 0 aliphatic heterocycles. The first kappa shape index (κ1) is 20.2. The number of non-ortho nitro benzene ring substituents is 1. The predicted molar refractivity (Wildman–Crippen MR) is 108 cm³/mol. The topological polar surface area (TPSA) is 76.4 Å². The molecule has 6 nitrogen and oxygen atoms in total. The van der Waals surface area contributed by atoms with Crippen LogP contribution in [0.1, 0.15) is 22.0 Å². The molecule has 0 aliphatic rings. The molecule has 29 heavy (non-hydrogen) atoms. The van der Waals surface area contributed by atoms with Gasteiger partial charge in [-0.25, -0.2) is 4.39 Å². The number of carbonyl (C=O) groups excluding carboxylic acids is 1. The quantitative estimate of drug-likeness (QED) is 0.114. The van der Waals surface area contributed by atoms with Crippen molar-refractivity contribution in [3.05, 3.63) is 106 Å². The largest absolute Gasteiger partial charge is 0.758 e. The summed E-state index contributed by atoms with van der Waals surface area (Å²) in [7, 11) is 0. The van der Waals surface area contributed by atoms with Crippen molar-refractivity contribution >= 4 is 29.1 Å². The number of aliphatic imine (C=N–C) groups is 1. The number of carbonyl (C=O) groups is 1. The molecular weight excluding hydrogens is 393 g/mol. The van der Waals surface area contributed by atoms with Crippen molar-refractivity contribution in [3.8, 4) is 0 Å². The number of Topliss-reactive ketones (excluding diaryl/α,β-unsaturated/α-hetero) is 1. The van der Waals surface area contributed by atoms with Crippen LogP contribution in [0.4, 0.5) is 10.1 Å². The Labute approximate surface area is 171 Å². The van der Waals surface area contributed by atoms with Gasteiger partial charge in [0.1, 0.15) is 5.82 Å². The van der Waals surface area contributed by atoms with Gasteiger partial charge in [-0.2, -0.15) is 4.57 Å². The summed E-state index contributed by atoms with van der Waals surface area (Å²) in [5, 5.41) is 11.2. The Hall–Kier alpha value is -3.52. The van der Waals surface area contributed by atoms with Crippen LogP contribution >= 0.6 is 0 Å². The summed E-state index contributed by atoms with van der Waals surface area (Å²) >= 11 is 5.43. The normalized spacial score (nSPS) is 12.4. The summed E-state index contributed by atoms with van der Waals surface area (Å²) in [6, 6.07) is 15.7. The van der Waals surface area contributed by atoms with Gasteiger partial charge in [-0.1, -0.05) is 30.3 Å². The number of pyridine rings is 1. The fraction of sp³-hybridized carbons (Fsp3) is 0.0952. The minimum atomic E-state index is -0.936. The van der Waals surface area contributed by atoms with E-state index in [1.54, 1.807) is 47.3 Å². The minimum absolute atomic E-state index is 0.127. The Morgan fingerprint density at radius 1 is 1.10 bits per heavy atom. The molecule has 0 aliphatic carbocycles. The van der Waals surface area contributed by atoms with E-state index < -0.39 is 16.7 Å². The van der Waals surface area contributed by atoms with E-state index in [9.17, 15) is 19.3 Å². The second-order valence-electron chi connectivity index (χ2n) is 6.18. The molecule has 0 saturated carbocycles. The van der Waals surface area contributed by atoms with Crippen LogP contribution in [0.5, 0.6) is 0 Å². The molecular formula is C21H16FN3O3S. The van der Waals surface area contributed by atoms with E-state index in [1.807, 2.05) is 0 Å². The number of nitro groups is 1. The zero-order chi connectivity index (χ0) is 20.8. The van der Waals surface area contributed by atoms with Gasteiger partial charge in [-0.15, -0.1) is 0 Å². The van der Waals surface area contributed by atoms with Crippen LogP contribution in [0, 0.1) is 15.9 Å². The first-order chi connectivity index (χ1) is 14.0. The van der Waals surface area contributed by atoms with Crippen molar-refractivity contribution in [1.82, 2.24) is 0 Å². The lowest BCUT2D eigenvalue weighted by Gasteiger charge is -2.18. The van der Waals surface area contributed by atoms with Crippen molar-refractivity contribution in [2.75, 3.05) is 0 Å². The molecule has 0 bridgehead atoms. The van der Waals surface area contributed by atoms with Crippen LogP contribution in [-0.4, -0.2) is 15.8 Å². The maximum absolute atomic E-state index is 13.2. The van der Waals surface area contributed by atoms with E-state index in [4.69, 9.17) is 12.6 Å². The molecule has 3 rings (SSSR count). The molecule has 3 aromatic rings. The number of hydrogen-bond acceptors (Lipinski definition) is 5. The van der Waals surface area contributed by atoms with E-state index in [0.29, 0.717) is 0 Å². The van der Waals surface area contributed by atoms with Crippen LogP contribution in [0.15, 0.2) is 84.1 Å². The SMILES string of the molecule is O=C(c1cccc([N+](=O)[O-])c1)[C@H](C([S-])=NCc1ccc(F)cc1)[n+]1ccccc1. The standard InChI is InChI=1S/C21H16FN3O3S/c22-17-9-7-15(8-10-17)14-23-21(29)19(24-11-2-1-3-12-24)20(26)16-5-4-6-18(13-16)25(27)28/h1-13,19H,14H2/t19-/m1/s1. The Bertz CT molecular complexity index is 1060. The average Bonchev–Trinajstić information content (AvgIpc) is 2.74. The second kappa shape index (κ2) is 9.11. The molecule has 0 amide bonds. The molecule has 2 aromatic carbocycles. The summed E-state index contributed by atoms with van der Waals surface area (Å²) < 4.78 is 14.7. The Balaban J connectivity index is 1.95. The molecule has 0 radical (unpaired) electrons. The Kier molecular flexibility index (Phi) is 6.36. The van der Waals surface area contributed by atoms with E-state index in [1.165, 1.54) is 36.4 Å². The zero-order valence-corrected chi connectivity index (χ0v) is 16.0. The van der Waals surface area contributed by atoms with E-state index >= 15 is 0 Å². The van der Waals surface area contributed by atoms with Gasteiger partial charge in [0.2, 0.25) is 11.8 Å². The van der Waals surface area contributed by atoms with Gasteiger partial charge in [-0.05, 0) is 22.7 Å². The molecule has 1 aromatic heterocycles. The molecule has 0 saturated heterocycles. The number of benzene rings is 2. The van der Waals surface area contributed by atoms with Gasteiger partial charge in [-0.3, -0.25) is 14.9 Å². The first-order valence-electron chi connectivity index (χ1n) is 8.66. The number of hydrogen-bond donors (Lipinski definition) is 0. The molecule has 1 atom stereocenters. The summed E-state index contributed by atoms with van der Waals surface area (Å²) in [5.74, 6) is -0.757. The van der Waals surface area contributed by atoms with Crippen LogP contribution in [-0.2, 0) is 19.2 Å². The molecule has 0 unspecified atom stereocenters. The highest BCUT2D eigenvalue weighted by Gasteiger charge is 2.29. The number of nitrogens with zero attached hydrogens (tertiary/aromatic N) is 3. The number of rotatable bonds is 7. The highest BCUT2D eigenvalue weighted by Crippen LogP contribution is 2.18. The number of aromatic nitrogens is 1. The average molecular weight is 409 g/mol. The fourth-order valence-corrected chi connectivity index (χ4v) is 3.03. The maximum Gasteiger partial charge on any atom is 0.270 e. The van der Waals surface area contributed by atoms with Crippen molar-refractivity contribution in [2.45, 2.75) is 12.6 Å². The molecule has 1 heterocycles. The number of halogens is 1. The van der Waals surface area contributed by atoms with E-state index in [0.717, 1.165) is 5.56 Å². The zero-order valence-electron chi connectivity index (χ0n) is 15.1. The second-order valence-corrected chi connectivity index (χ2v) is 6.60. The van der Waals surface area contributed by atoms with Gasteiger partial charge in [0.05, 0.1) is 11.5 Å². The lowest BCUT2D eigenvalue weighted by molar-refractivity contribution is -0.691. The number of nitro benzene ring substituents is 1. The molecule has 0 spiro atoms. The van der Waals surface area contributed by atoms with Crippen molar-refractivity contribution < 1.29 is 18.7 Å². The number of ketones is 1. The lowest BCUT2D eigenvalue weighted by Crippen LogP contribution is -2.47. The third-order valence-electron chi connectivity index (χ3n) is 4.19.